The molecule has 0 atom stereocenters. The van der Waals surface area contributed by atoms with Gasteiger partial charge in [0.05, 0.1) is 22.2 Å². The van der Waals surface area contributed by atoms with E-state index in [2.05, 4.69) is 10.1 Å². The van der Waals surface area contributed by atoms with Gasteiger partial charge in [0.25, 0.3) is 0 Å². The summed E-state index contributed by atoms with van der Waals surface area (Å²) in [5.74, 6) is 0.833. The quantitative estimate of drug-likeness (QED) is 0.903. The third kappa shape index (κ3) is 1.97. The molecule has 0 unspecified atom stereocenters. The van der Waals surface area contributed by atoms with Gasteiger partial charge in [-0.25, -0.2) is 4.98 Å². The number of hydrogen-bond donors (Lipinski definition) is 1. The average Bonchev–Trinajstić information content (AvgIpc) is 2.98. The highest BCUT2D eigenvalue weighted by molar-refractivity contribution is 7.15. The van der Waals surface area contributed by atoms with Crippen LogP contribution in [0, 0.1) is 6.92 Å². The molecule has 4 nitrogen and oxygen atoms in total. The van der Waals surface area contributed by atoms with Crippen molar-refractivity contribution >= 4 is 11.3 Å². The van der Waals surface area contributed by atoms with Crippen molar-refractivity contribution in [3.05, 3.63) is 23.2 Å². The summed E-state index contributed by atoms with van der Waals surface area (Å²) < 4.78 is 5.10. The van der Waals surface area contributed by atoms with Crippen LogP contribution in [-0.4, -0.2) is 10.1 Å². The van der Waals surface area contributed by atoms with E-state index in [0.29, 0.717) is 0 Å². The minimum Gasteiger partial charge on any atom is -0.361 e. The van der Waals surface area contributed by atoms with E-state index in [9.17, 15) is 0 Å². The van der Waals surface area contributed by atoms with E-state index in [1.807, 2.05) is 13.1 Å². The van der Waals surface area contributed by atoms with Gasteiger partial charge in [0.15, 0.2) is 0 Å². The molecule has 2 aromatic heterocycles. The molecule has 0 aliphatic heterocycles. The van der Waals surface area contributed by atoms with Crippen LogP contribution in [0.15, 0.2) is 16.9 Å². The predicted octanol–water partition coefficient (Wildman–Crippen LogP) is 3.22. The zero-order valence-electron chi connectivity index (χ0n) is 10.5. The van der Waals surface area contributed by atoms with Crippen LogP contribution in [0.1, 0.15) is 42.9 Å². The van der Waals surface area contributed by atoms with Crippen LogP contribution in [0.25, 0.3) is 10.4 Å². The number of nitrogens with zero attached hydrogens (tertiary/aromatic N) is 2. The van der Waals surface area contributed by atoms with Crippen molar-refractivity contribution in [2.45, 2.75) is 44.6 Å². The fourth-order valence-corrected chi connectivity index (χ4v) is 3.69. The smallest absolute Gasteiger partial charge is 0.142 e. The monoisotopic (exact) mass is 263 g/mol. The fourth-order valence-electron chi connectivity index (χ4n) is 2.56. The molecule has 96 valence electrons. The minimum absolute atomic E-state index is 0.216. The summed E-state index contributed by atoms with van der Waals surface area (Å²) in [6.07, 6.45) is 9.43. The molecule has 0 radical (unpaired) electrons. The molecular formula is C13H17N3OS. The van der Waals surface area contributed by atoms with Gasteiger partial charge < -0.3 is 10.3 Å². The molecule has 1 aliphatic carbocycles. The maximum absolute atomic E-state index is 6.49. The summed E-state index contributed by atoms with van der Waals surface area (Å²) in [4.78, 5) is 5.63. The maximum Gasteiger partial charge on any atom is 0.142 e. The molecule has 0 spiro atoms. The SMILES string of the molecule is Cc1oncc1-c1cnc(C2(N)CCCCC2)s1. The third-order valence-corrected chi connectivity index (χ3v) is 4.94. The van der Waals surface area contributed by atoms with Crippen molar-refractivity contribution in [3.8, 4) is 10.4 Å². The van der Waals surface area contributed by atoms with E-state index in [0.717, 1.165) is 34.1 Å². The van der Waals surface area contributed by atoms with Crippen LogP contribution in [0.3, 0.4) is 0 Å². The molecule has 3 rings (SSSR count). The van der Waals surface area contributed by atoms with Crippen molar-refractivity contribution in [3.63, 3.8) is 0 Å². The summed E-state index contributed by atoms with van der Waals surface area (Å²) >= 11 is 1.67. The maximum atomic E-state index is 6.49. The Labute approximate surface area is 110 Å². The van der Waals surface area contributed by atoms with E-state index in [4.69, 9.17) is 10.3 Å². The summed E-state index contributed by atoms with van der Waals surface area (Å²) in [5, 5.41) is 4.86. The predicted molar refractivity (Wildman–Crippen MR) is 71.3 cm³/mol. The Morgan fingerprint density at radius 1 is 1.28 bits per heavy atom. The van der Waals surface area contributed by atoms with Gasteiger partial charge in [0.2, 0.25) is 0 Å². The summed E-state index contributed by atoms with van der Waals surface area (Å²) in [7, 11) is 0. The normalized spacial score (nSPS) is 19.0. The molecule has 1 saturated carbocycles. The van der Waals surface area contributed by atoms with Gasteiger partial charge in [-0.15, -0.1) is 11.3 Å². The first-order valence-corrected chi connectivity index (χ1v) is 7.17. The number of aryl methyl sites for hydroxylation is 1. The molecule has 0 bridgehead atoms. The van der Waals surface area contributed by atoms with Crippen LogP contribution >= 0.6 is 11.3 Å². The number of rotatable bonds is 2. The number of thiazole rings is 1. The molecule has 0 aromatic carbocycles. The van der Waals surface area contributed by atoms with Gasteiger partial charge >= 0.3 is 0 Å². The number of hydrogen-bond acceptors (Lipinski definition) is 5. The van der Waals surface area contributed by atoms with Crippen LogP contribution in [0.5, 0.6) is 0 Å². The van der Waals surface area contributed by atoms with Crippen LogP contribution in [-0.2, 0) is 5.54 Å². The molecule has 1 aliphatic rings. The van der Waals surface area contributed by atoms with Crippen molar-refractivity contribution in [2.75, 3.05) is 0 Å². The van der Waals surface area contributed by atoms with E-state index >= 15 is 0 Å². The van der Waals surface area contributed by atoms with Crippen LogP contribution in [0.2, 0.25) is 0 Å². The van der Waals surface area contributed by atoms with Gasteiger partial charge in [0.1, 0.15) is 10.8 Å². The minimum atomic E-state index is -0.216. The Bertz CT molecular complexity index is 540. The second-order valence-electron chi connectivity index (χ2n) is 5.04. The topological polar surface area (TPSA) is 64.9 Å². The largest absolute Gasteiger partial charge is 0.361 e. The van der Waals surface area contributed by atoms with Crippen molar-refractivity contribution < 1.29 is 4.52 Å². The van der Waals surface area contributed by atoms with Gasteiger partial charge in [-0.2, -0.15) is 0 Å². The Morgan fingerprint density at radius 3 is 2.72 bits per heavy atom. The number of aromatic nitrogens is 2. The summed E-state index contributed by atoms with van der Waals surface area (Å²) in [5.41, 5.74) is 7.30. The lowest BCUT2D eigenvalue weighted by atomic mass is 9.83. The second-order valence-corrected chi connectivity index (χ2v) is 6.07. The van der Waals surface area contributed by atoms with E-state index in [1.165, 1.54) is 19.3 Å². The van der Waals surface area contributed by atoms with Gasteiger partial charge in [-0.1, -0.05) is 24.4 Å². The highest BCUT2D eigenvalue weighted by Gasteiger charge is 2.32. The van der Waals surface area contributed by atoms with Crippen molar-refractivity contribution in [1.82, 2.24) is 10.1 Å². The fraction of sp³-hybridized carbons (Fsp3) is 0.538. The average molecular weight is 263 g/mol. The Kier molecular flexibility index (Phi) is 2.95. The highest BCUT2D eigenvalue weighted by Crippen LogP contribution is 2.39. The molecule has 0 saturated heterocycles. The zero-order chi connectivity index (χ0) is 12.6. The second kappa shape index (κ2) is 4.48. The molecule has 0 amide bonds. The summed E-state index contributed by atoms with van der Waals surface area (Å²) in [6, 6.07) is 0. The zero-order valence-corrected chi connectivity index (χ0v) is 11.3. The highest BCUT2D eigenvalue weighted by atomic mass is 32.1. The van der Waals surface area contributed by atoms with E-state index < -0.39 is 0 Å². The Balaban J connectivity index is 1.92. The third-order valence-electron chi connectivity index (χ3n) is 3.69. The molecule has 2 heterocycles. The molecule has 1 fully saturated rings. The molecule has 5 heteroatoms. The molecular weight excluding hydrogens is 246 g/mol. The Hall–Kier alpha value is -1.20. The molecule has 2 N–H and O–H groups in total. The van der Waals surface area contributed by atoms with Gasteiger partial charge in [-0.3, -0.25) is 0 Å². The summed E-state index contributed by atoms with van der Waals surface area (Å²) in [6.45, 7) is 1.92. The molecule has 18 heavy (non-hydrogen) atoms. The first-order valence-electron chi connectivity index (χ1n) is 6.36. The van der Waals surface area contributed by atoms with E-state index in [1.54, 1.807) is 17.5 Å². The Morgan fingerprint density at radius 2 is 2.06 bits per heavy atom. The van der Waals surface area contributed by atoms with E-state index in [-0.39, 0.29) is 5.54 Å². The van der Waals surface area contributed by atoms with Gasteiger partial charge in [-0.05, 0) is 19.8 Å². The van der Waals surface area contributed by atoms with Crippen LogP contribution in [0.4, 0.5) is 0 Å². The molecule has 2 aromatic rings. The lowest BCUT2D eigenvalue weighted by Crippen LogP contribution is -2.38. The lowest BCUT2D eigenvalue weighted by Gasteiger charge is -2.31. The standard InChI is InChI=1S/C13H17N3OS/c1-9-10(7-16-17-9)11-8-15-12(18-11)13(14)5-3-2-4-6-13/h7-8H,2-6,14H2,1H3. The first kappa shape index (κ1) is 11.9. The van der Waals surface area contributed by atoms with Crippen molar-refractivity contribution in [1.29, 1.82) is 0 Å². The number of nitrogens with two attached hydrogens (primary N) is 1. The van der Waals surface area contributed by atoms with Gasteiger partial charge in [0, 0.05) is 6.20 Å². The van der Waals surface area contributed by atoms with Crippen LogP contribution < -0.4 is 5.73 Å². The first-order chi connectivity index (χ1) is 8.69. The van der Waals surface area contributed by atoms with Crippen molar-refractivity contribution in [2.24, 2.45) is 5.73 Å². The lowest BCUT2D eigenvalue weighted by molar-refractivity contribution is 0.301.